The summed E-state index contributed by atoms with van der Waals surface area (Å²) < 4.78 is 40.2. The van der Waals surface area contributed by atoms with Gasteiger partial charge < -0.3 is 4.84 Å². The van der Waals surface area contributed by atoms with Gasteiger partial charge in [-0.3, -0.25) is 10.1 Å². The van der Waals surface area contributed by atoms with E-state index >= 15 is 0 Å². The first kappa shape index (κ1) is 19.4. The van der Waals surface area contributed by atoms with Crippen LogP contribution in [0.2, 0.25) is 0 Å². The van der Waals surface area contributed by atoms with Crippen LogP contribution in [0.15, 0.2) is 72.8 Å². The van der Waals surface area contributed by atoms with Gasteiger partial charge in [-0.25, -0.2) is 4.98 Å². The molecular formula is C21H14F3N3O3. The number of aromatic nitrogens is 2. The molecule has 0 aliphatic heterocycles. The highest BCUT2D eigenvalue weighted by Gasteiger charge is 2.30. The predicted molar refractivity (Wildman–Crippen MR) is 104 cm³/mol. The zero-order valence-electron chi connectivity index (χ0n) is 15.3. The summed E-state index contributed by atoms with van der Waals surface area (Å²) in [6.45, 7) is -0.183. The van der Waals surface area contributed by atoms with Gasteiger partial charge in [-0.05, 0) is 23.8 Å². The Morgan fingerprint density at radius 1 is 1.00 bits per heavy atom. The smallest absolute Gasteiger partial charge is 0.407 e. The molecular weight excluding hydrogens is 399 g/mol. The van der Waals surface area contributed by atoms with E-state index in [1.807, 2.05) is 6.07 Å². The molecule has 0 bridgehead atoms. The Kier molecular flexibility index (Phi) is 4.86. The molecule has 0 fully saturated rings. The molecule has 0 aliphatic rings. The van der Waals surface area contributed by atoms with Gasteiger partial charge in [-0.15, -0.1) is 0 Å². The molecule has 30 heavy (non-hydrogen) atoms. The number of imidazole rings is 1. The van der Waals surface area contributed by atoms with Crippen LogP contribution < -0.4 is 4.84 Å². The Morgan fingerprint density at radius 2 is 1.77 bits per heavy atom. The predicted octanol–water partition coefficient (Wildman–Crippen LogP) is 5.26. The quantitative estimate of drug-likeness (QED) is 0.331. The van der Waals surface area contributed by atoms with Crippen LogP contribution in [-0.2, 0) is 12.8 Å². The largest absolute Gasteiger partial charge is 0.416 e. The van der Waals surface area contributed by atoms with E-state index in [1.54, 1.807) is 24.3 Å². The Balaban J connectivity index is 1.76. The summed E-state index contributed by atoms with van der Waals surface area (Å²) in [5.41, 5.74) is 0.874. The summed E-state index contributed by atoms with van der Waals surface area (Å²) in [6.07, 6.45) is -4.46. The number of hydrogen-bond acceptors (Lipinski definition) is 4. The summed E-state index contributed by atoms with van der Waals surface area (Å²) >= 11 is 0. The van der Waals surface area contributed by atoms with Crippen molar-refractivity contribution in [3.8, 4) is 11.4 Å². The highest BCUT2D eigenvalue weighted by Crippen LogP contribution is 2.30. The van der Waals surface area contributed by atoms with Crippen molar-refractivity contribution in [3.05, 3.63) is 94.0 Å². The number of rotatable bonds is 5. The van der Waals surface area contributed by atoms with Gasteiger partial charge in [0.25, 0.3) is 5.69 Å². The molecule has 0 unspecified atom stereocenters. The Labute approximate surface area is 168 Å². The highest BCUT2D eigenvalue weighted by molar-refractivity contribution is 5.82. The molecule has 4 rings (SSSR count). The molecule has 0 spiro atoms. The van der Waals surface area contributed by atoms with Crippen LogP contribution in [0.5, 0.6) is 0 Å². The van der Waals surface area contributed by atoms with E-state index in [-0.39, 0.29) is 12.3 Å². The number of nitrogens with zero attached hydrogens (tertiary/aromatic N) is 3. The minimum absolute atomic E-state index is 0.147. The first-order valence-electron chi connectivity index (χ1n) is 8.85. The van der Waals surface area contributed by atoms with Gasteiger partial charge in [0, 0.05) is 17.7 Å². The lowest BCUT2D eigenvalue weighted by molar-refractivity contribution is -0.384. The summed E-state index contributed by atoms with van der Waals surface area (Å²) in [7, 11) is 0. The molecule has 3 aromatic carbocycles. The fourth-order valence-corrected chi connectivity index (χ4v) is 3.03. The lowest BCUT2D eigenvalue weighted by Crippen LogP contribution is -2.13. The number of benzene rings is 3. The zero-order chi connectivity index (χ0) is 21.3. The number of nitro groups is 1. The third-order valence-electron chi connectivity index (χ3n) is 4.45. The van der Waals surface area contributed by atoms with E-state index in [0.29, 0.717) is 28.0 Å². The monoisotopic (exact) mass is 413 g/mol. The molecule has 4 aromatic rings. The van der Waals surface area contributed by atoms with E-state index in [2.05, 4.69) is 4.98 Å². The molecule has 1 heterocycles. The highest BCUT2D eigenvalue weighted by atomic mass is 19.4. The average Bonchev–Trinajstić information content (AvgIpc) is 3.10. The Hall–Kier alpha value is -3.88. The molecule has 6 nitrogen and oxygen atoms in total. The summed E-state index contributed by atoms with van der Waals surface area (Å²) in [5, 5.41) is 11.2. The fourth-order valence-electron chi connectivity index (χ4n) is 3.03. The summed E-state index contributed by atoms with van der Waals surface area (Å²) in [4.78, 5) is 20.9. The van der Waals surface area contributed by atoms with Crippen molar-refractivity contribution < 1.29 is 22.9 Å². The van der Waals surface area contributed by atoms with Crippen molar-refractivity contribution in [3.63, 3.8) is 0 Å². The van der Waals surface area contributed by atoms with Crippen LogP contribution in [0, 0.1) is 10.1 Å². The minimum atomic E-state index is -4.46. The van der Waals surface area contributed by atoms with Gasteiger partial charge in [0.05, 0.1) is 16.0 Å². The second-order valence-corrected chi connectivity index (χ2v) is 6.50. The number of non-ortho nitro benzene ring substituents is 1. The SMILES string of the molecule is O=[N+]([O-])c1ccc2nc(-c3ccccc3)n(OCc3cccc(C(F)(F)F)c3)c2c1. The van der Waals surface area contributed by atoms with Crippen molar-refractivity contribution in [2.75, 3.05) is 0 Å². The second-order valence-electron chi connectivity index (χ2n) is 6.50. The molecule has 0 radical (unpaired) electrons. The van der Waals surface area contributed by atoms with Crippen LogP contribution in [-0.4, -0.2) is 14.6 Å². The van der Waals surface area contributed by atoms with Crippen molar-refractivity contribution in [1.29, 1.82) is 0 Å². The second kappa shape index (κ2) is 7.51. The molecule has 152 valence electrons. The normalized spacial score (nSPS) is 11.6. The van der Waals surface area contributed by atoms with Crippen molar-refractivity contribution in [2.45, 2.75) is 12.8 Å². The van der Waals surface area contributed by atoms with E-state index in [4.69, 9.17) is 4.84 Å². The van der Waals surface area contributed by atoms with E-state index in [1.165, 1.54) is 35.1 Å². The molecule has 0 atom stereocenters. The topological polar surface area (TPSA) is 70.2 Å². The van der Waals surface area contributed by atoms with Gasteiger partial charge >= 0.3 is 6.18 Å². The van der Waals surface area contributed by atoms with Gasteiger partial charge in [0.15, 0.2) is 5.82 Å². The van der Waals surface area contributed by atoms with E-state index < -0.39 is 16.7 Å². The van der Waals surface area contributed by atoms with Gasteiger partial charge in [0.2, 0.25) is 0 Å². The first-order chi connectivity index (χ1) is 14.3. The standard InChI is InChI=1S/C21H14F3N3O3/c22-21(23,24)16-8-4-5-14(11-16)13-30-26-19-12-17(27(28)29)9-10-18(19)25-20(26)15-6-2-1-3-7-15/h1-12H,13H2. The minimum Gasteiger partial charge on any atom is -0.407 e. The third-order valence-corrected chi connectivity index (χ3v) is 4.45. The van der Waals surface area contributed by atoms with Crippen molar-refractivity contribution in [1.82, 2.24) is 9.71 Å². The maximum Gasteiger partial charge on any atom is 0.416 e. The summed E-state index contributed by atoms with van der Waals surface area (Å²) in [5.74, 6) is 0.387. The molecule has 0 amide bonds. The van der Waals surface area contributed by atoms with Gasteiger partial charge in [-0.2, -0.15) is 17.9 Å². The maximum absolute atomic E-state index is 13.0. The lowest BCUT2D eigenvalue weighted by Gasteiger charge is -2.13. The number of alkyl halides is 3. The van der Waals surface area contributed by atoms with Crippen LogP contribution in [0.25, 0.3) is 22.4 Å². The zero-order valence-corrected chi connectivity index (χ0v) is 15.3. The molecule has 1 aromatic heterocycles. The van der Waals surface area contributed by atoms with Crippen LogP contribution in [0.4, 0.5) is 18.9 Å². The number of halogens is 3. The van der Waals surface area contributed by atoms with Crippen molar-refractivity contribution in [2.24, 2.45) is 0 Å². The van der Waals surface area contributed by atoms with E-state index in [9.17, 15) is 23.3 Å². The van der Waals surface area contributed by atoms with E-state index in [0.717, 1.165) is 12.1 Å². The number of hydrogen-bond donors (Lipinski definition) is 0. The molecule has 0 saturated heterocycles. The van der Waals surface area contributed by atoms with Crippen LogP contribution in [0.3, 0.4) is 0 Å². The first-order valence-corrected chi connectivity index (χ1v) is 8.85. The third kappa shape index (κ3) is 3.82. The lowest BCUT2D eigenvalue weighted by atomic mass is 10.1. The van der Waals surface area contributed by atoms with Gasteiger partial charge in [0.1, 0.15) is 12.1 Å². The maximum atomic E-state index is 13.0. The summed E-state index contributed by atoms with van der Waals surface area (Å²) in [6, 6.07) is 18.0. The molecule has 0 saturated carbocycles. The number of nitro benzene ring substituents is 1. The number of fused-ring (bicyclic) bond motifs is 1. The molecule has 0 N–H and O–H groups in total. The molecule has 0 aliphatic carbocycles. The van der Waals surface area contributed by atoms with Crippen LogP contribution in [0.1, 0.15) is 11.1 Å². The Bertz CT molecular complexity index is 1220. The Morgan fingerprint density at radius 3 is 2.47 bits per heavy atom. The van der Waals surface area contributed by atoms with Crippen molar-refractivity contribution >= 4 is 16.7 Å². The van der Waals surface area contributed by atoms with Crippen LogP contribution >= 0.6 is 0 Å². The van der Waals surface area contributed by atoms with Gasteiger partial charge in [-0.1, -0.05) is 42.5 Å². The average molecular weight is 413 g/mol. The molecule has 9 heteroatoms. The fraction of sp³-hybridized carbons (Fsp3) is 0.0952.